The third-order valence-corrected chi connectivity index (χ3v) is 2.28. The Bertz CT molecular complexity index is 311. The molecule has 17 heavy (non-hydrogen) atoms. The first-order valence-corrected chi connectivity index (χ1v) is 6.13. The van der Waals surface area contributed by atoms with Gasteiger partial charge in [-0.1, -0.05) is 15.9 Å². The van der Waals surface area contributed by atoms with Gasteiger partial charge in [0.25, 0.3) is 0 Å². The SMILES string of the molecule is OCCOCCOCCOc1cc(Br)ccn1. The van der Waals surface area contributed by atoms with Crippen molar-refractivity contribution in [2.45, 2.75) is 0 Å². The predicted molar refractivity (Wildman–Crippen MR) is 66.2 cm³/mol. The molecule has 0 atom stereocenters. The van der Waals surface area contributed by atoms with E-state index in [0.29, 0.717) is 38.9 Å². The molecule has 0 aromatic carbocycles. The Morgan fingerprint density at radius 2 is 1.82 bits per heavy atom. The van der Waals surface area contributed by atoms with Crippen molar-refractivity contribution in [1.82, 2.24) is 4.98 Å². The average molecular weight is 306 g/mol. The molecule has 1 aromatic heterocycles. The first kappa shape index (κ1) is 14.4. The Hall–Kier alpha value is -0.690. The Labute approximate surface area is 109 Å². The van der Waals surface area contributed by atoms with E-state index in [0.717, 1.165) is 4.47 Å². The fourth-order valence-corrected chi connectivity index (χ4v) is 1.37. The number of ether oxygens (including phenoxy) is 3. The molecule has 0 amide bonds. The van der Waals surface area contributed by atoms with Crippen molar-refractivity contribution in [3.05, 3.63) is 22.8 Å². The van der Waals surface area contributed by atoms with Crippen molar-refractivity contribution < 1.29 is 19.3 Å². The summed E-state index contributed by atoms with van der Waals surface area (Å²) in [5.74, 6) is 0.569. The molecule has 0 bridgehead atoms. The van der Waals surface area contributed by atoms with Crippen LogP contribution in [0.25, 0.3) is 0 Å². The Kier molecular flexibility index (Phi) is 7.91. The zero-order valence-electron chi connectivity index (χ0n) is 9.47. The van der Waals surface area contributed by atoms with Crippen molar-refractivity contribution in [3.63, 3.8) is 0 Å². The standard InChI is InChI=1S/C11H16BrNO4/c12-10-1-2-13-11(9-10)17-8-7-16-6-5-15-4-3-14/h1-2,9,14H,3-8H2. The van der Waals surface area contributed by atoms with Gasteiger partial charge in [-0.2, -0.15) is 0 Å². The fourth-order valence-electron chi connectivity index (χ4n) is 1.06. The third-order valence-electron chi connectivity index (χ3n) is 1.78. The molecule has 0 aliphatic carbocycles. The van der Waals surface area contributed by atoms with Crippen LogP contribution in [-0.4, -0.2) is 49.7 Å². The molecule has 5 nitrogen and oxygen atoms in total. The predicted octanol–water partition coefficient (Wildman–Crippen LogP) is 1.25. The van der Waals surface area contributed by atoms with Gasteiger partial charge in [-0.3, -0.25) is 0 Å². The highest BCUT2D eigenvalue weighted by Crippen LogP contribution is 2.14. The van der Waals surface area contributed by atoms with Crippen molar-refractivity contribution in [2.75, 3.05) is 39.6 Å². The molecule has 0 unspecified atom stereocenters. The molecule has 0 spiro atoms. The Balaban J connectivity index is 1.97. The molecule has 0 saturated heterocycles. The quantitative estimate of drug-likeness (QED) is 0.696. The number of hydrogen-bond donors (Lipinski definition) is 1. The maximum absolute atomic E-state index is 8.46. The van der Waals surface area contributed by atoms with Crippen LogP contribution in [0.5, 0.6) is 5.88 Å². The lowest BCUT2D eigenvalue weighted by Gasteiger charge is -2.06. The van der Waals surface area contributed by atoms with Gasteiger partial charge in [-0.15, -0.1) is 0 Å². The van der Waals surface area contributed by atoms with Gasteiger partial charge in [0, 0.05) is 16.7 Å². The molecule has 0 radical (unpaired) electrons. The number of halogens is 1. The summed E-state index contributed by atoms with van der Waals surface area (Å²) in [6.07, 6.45) is 1.67. The van der Waals surface area contributed by atoms with Crippen LogP contribution in [-0.2, 0) is 9.47 Å². The summed E-state index contributed by atoms with van der Waals surface area (Å²) < 4.78 is 16.6. The molecular weight excluding hydrogens is 290 g/mol. The highest BCUT2D eigenvalue weighted by atomic mass is 79.9. The van der Waals surface area contributed by atoms with Crippen molar-refractivity contribution in [1.29, 1.82) is 0 Å². The number of nitrogens with zero attached hydrogens (tertiary/aromatic N) is 1. The largest absolute Gasteiger partial charge is 0.475 e. The number of aromatic nitrogens is 1. The number of rotatable bonds is 9. The minimum Gasteiger partial charge on any atom is -0.475 e. The van der Waals surface area contributed by atoms with Crippen molar-refractivity contribution in [3.8, 4) is 5.88 Å². The smallest absolute Gasteiger partial charge is 0.214 e. The molecule has 0 fully saturated rings. The van der Waals surface area contributed by atoms with E-state index in [-0.39, 0.29) is 6.61 Å². The topological polar surface area (TPSA) is 60.8 Å². The molecule has 1 rings (SSSR count). The van der Waals surface area contributed by atoms with Gasteiger partial charge in [0.05, 0.1) is 33.0 Å². The first-order chi connectivity index (χ1) is 8.33. The van der Waals surface area contributed by atoms with Crippen LogP contribution >= 0.6 is 15.9 Å². The third kappa shape index (κ3) is 7.27. The highest BCUT2D eigenvalue weighted by molar-refractivity contribution is 9.10. The van der Waals surface area contributed by atoms with E-state index in [2.05, 4.69) is 20.9 Å². The highest BCUT2D eigenvalue weighted by Gasteiger charge is 1.96. The molecule has 96 valence electrons. The lowest BCUT2D eigenvalue weighted by atomic mass is 10.5. The molecule has 6 heteroatoms. The normalized spacial score (nSPS) is 10.5. The summed E-state index contributed by atoms with van der Waals surface area (Å²) in [6.45, 7) is 2.30. The molecule has 1 heterocycles. The van der Waals surface area contributed by atoms with E-state index in [1.807, 2.05) is 6.07 Å². The van der Waals surface area contributed by atoms with E-state index in [9.17, 15) is 0 Å². The van der Waals surface area contributed by atoms with Gasteiger partial charge >= 0.3 is 0 Å². The minimum absolute atomic E-state index is 0.0394. The van der Waals surface area contributed by atoms with E-state index >= 15 is 0 Å². The van der Waals surface area contributed by atoms with Gasteiger partial charge in [0.1, 0.15) is 6.61 Å². The fraction of sp³-hybridized carbons (Fsp3) is 0.545. The van der Waals surface area contributed by atoms with Crippen LogP contribution in [0.15, 0.2) is 22.8 Å². The van der Waals surface area contributed by atoms with Gasteiger partial charge in [0.2, 0.25) is 5.88 Å². The van der Waals surface area contributed by atoms with E-state index in [4.69, 9.17) is 19.3 Å². The summed E-state index contributed by atoms with van der Waals surface area (Å²) in [5, 5.41) is 8.46. The van der Waals surface area contributed by atoms with Crippen LogP contribution in [0.4, 0.5) is 0 Å². The maximum atomic E-state index is 8.46. The van der Waals surface area contributed by atoms with Gasteiger partial charge in [-0.05, 0) is 6.07 Å². The lowest BCUT2D eigenvalue weighted by molar-refractivity contribution is 0.0243. The zero-order valence-corrected chi connectivity index (χ0v) is 11.1. The second-order valence-electron chi connectivity index (χ2n) is 3.11. The van der Waals surface area contributed by atoms with Crippen molar-refractivity contribution in [2.24, 2.45) is 0 Å². The maximum Gasteiger partial charge on any atom is 0.214 e. The van der Waals surface area contributed by atoms with Crippen LogP contribution in [0.2, 0.25) is 0 Å². The first-order valence-electron chi connectivity index (χ1n) is 5.33. The molecule has 1 aromatic rings. The Morgan fingerprint density at radius 1 is 1.12 bits per heavy atom. The second kappa shape index (κ2) is 9.35. The monoisotopic (exact) mass is 305 g/mol. The van der Waals surface area contributed by atoms with Gasteiger partial charge in [0.15, 0.2) is 0 Å². The summed E-state index contributed by atoms with van der Waals surface area (Å²) in [4.78, 5) is 4.04. The van der Waals surface area contributed by atoms with Crippen LogP contribution in [0, 0.1) is 0 Å². The van der Waals surface area contributed by atoms with Crippen molar-refractivity contribution >= 4 is 15.9 Å². The van der Waals surface area contributed by atoms with E-state index < -0.39 is 0 Å². The van der Waals surface area contributed by atoms with Crippen LogP contribution < -0.4 is 4.74 Å². The zero-order chi connectivity index (χ0) is 12.3. The number of aliphatic hydroxyl groups is 1. The molecule has 0 saturated carbocycles. The van der Waals surface area contributed by atoms with Crippen LogP contribution in [0.3, 0.4) is 0 Å². The Morgan fingerprint density at radius 3 is 2.53 bits per heavy atom. The van der Waals surface area contributed by atoms with Gasteiger partial charge < -0.3 is 19.3 Å². The number of aliphatic hydroxyl groups excluding tert-OH is 1. The second-order valence-corrected chi connectivity index (χ2v) is 4.02. The lowest BCUT2D eigenvalue weighted by Crippen LogP contribution is -2.12. The summed E-state index contributed by atoms with van der Waals surface area (Å²) in [5.41, 5.74) is 0. The molecular formula is C11H16BrNO4. The number of pyridine rings is 1. The molecule has 0 aliphatic heterocycles. The summed E-state index contributed by atoms with van der Waals surface area (Å²) in [7, 11) is 0. The van der Waals surface area contributed by atoms with E-state index in [1.165, 1.54) is 0 Å². The molecule has 1 N–H and O–H groups in total. The minimum atomic E-state index is 0.0394. The van der Waals surface area contributed by atoms with E-state index in [1.54, 1.807) is 12.3 Å². The summed E-state index contributed by atoms with van der Waals surface area (Å²) >= 11 is 3.33. The summed E-state index contributed by atoms with van der Waals surface area (Å²) in [6, 6.07) is 3.63. The number of hydrogen-bond acceptors (Lipinski definition) is 5. The molecule has 0 aliphatic rings. The van der Waals surface area contributed by atoms with Gasteiger partial charge in [-0.25, -0.2) is 4.98 Å². The average Bonchev–Trinajstić information content (AvgIpc) is 2.33. The van der Waals surface area contributed by atoms with Crippen LogP contribution in [0.1, 0.15) is 0 Å².